The Morgan fingerprint density at radius 2 is 1.95 bits per heavy atom. The fourth-order valence-electron chi connectivity index (χ4n) is 2.29. The second kappa shape index (κ2) is 5.51. The minimum atomic E-state index is -0.407. The third kappa shape index (κ3) is 2.67. The van der Waals surface area contributed by atoms with Gasteiger partial charge < -0.3 is 5.11 Å². The summed E-state index contributed by atoms with van der Waals surface area (Å²) in [5.74, 6) is 0. The summed E-state index contributed by atoms with van der Waals surface area (Å²) in [7, 11) is 0. The Hall–Kier alpha value is -1.71. The number of aliphatic hydroxyl groups is 1. The SMILES string of the molecule is OC(CCc1ccncc1)c1cccc2ccsc12. The van der Waals surface area contributed by atoms with Crippen LogP contribution in [-0.2, 0) is 6.42 Å². The Labute approximate surface area is 116 Å². The second-order valence-corrected chi connectivity index (χ2v) is 5.51. The van der Waals surface area contributed by atoms with Crippen LogP contribution in [0.15, 0.2) is 54.2 Å². The minimum Gasteiger partial charge on any atom is -0.388 e. The summed E-state index contributed by atoms with van der Waals surface area (Å²) < 4.78 is 1.20. The monoisotopic (exact) mass is 269 g/mol. The number of aromatic nitrogens is 1. The fourth-order valence-corrected chi connectivity index (χ4v) is 3.25. The van der Waals surface area contributed by atoms with Gasteiger partial charge in [-0.2, -0.15) is 0 Å². The van der Waals surface area contributed by atoms with Crippen molar-refractivity contribution in [3.8, 4) is 0 Å². The van der Waals surface area contributed by atoms with Gasteiger partial charge >= 0.3 is 0 Å². The van der Waals surface area contributed by atoms with Crippen molar-refractivity contribution in [2.45, 2.75) is 18.9 Å². The molecule has 1 unspecified atom stereocenters. The van der Waals surface area contributed by atoms with E-state index in [1.165, 1.54) is 15.6 Å². The van der Waals surface area contributed by atoms with Gasteiger partial charge in [0.1, 0.15) is 0 Å². The summed E-state index contributed by atoms with van der Waals surface area (Å²) in [6.45, 7) is 0. The summed E-state index contributed by atoms with van der Waals surface area (Å²) in [4.78, 5) is 4.00. The van der Waals surface area contributed by atoms with Crippen LogP contribution >= 0.6 is 11.3 Å². The Kier molecular flexibility index (Phi) is 3.58. The van der Waals surface area contributed by atoms with Gasteiger partial charge in [-0.25, -0.2) is 0 Å². The van der Waals surface area contributed by atoms with Crippen LogP contribution in [0.5, 0.6) is 0 Å². The first-order chi connectivity index (χ1) is 9.34. The van der Waals surface area contributed by atoms with Crippen molar-refractivity contribution in [3.05, 3.63) is 65.3 Å². The highest BCUT2D eigenvalue weighted by Gasteiger charge is 2.12. The number of nitrogens with zero attached hydrogens (tertiary/aromatic N) is 1. The Bertz CT molecular complexity index is 663. The normalized spacial score (nSPS) is 12.7. The Balaban J connectivity index is 1.77. The summed E-state index contributed by atoms with van der Waals surface area (Å²) >= 11 is 1.69. The molecule has 1 atom stereocenters. The van der Waals surface area contributed by atoms with Crippen LogP contribution in [0.3, 0.4) is 0 Å². The maximum Gasteiger partial charge on any atom is 0.0807 e. The summed E-state index contributed by atoms with van der Waals surface area (Å²) in [5, 5.41) is 13.7. The van der Waals surface area contributed by atoms with Gasteiger partial charge in [0.25, 0.3) is 0 Å². The van der Waals surface area contributed by atoms with E-state index in [0.717, 1.165) is 18.4 Å². The largest absolute Gasteiger partial charge is 0.388 e. The molecule has 1 N–H and O–H groups in total. The van der Waals surface area contributed by atoms with Crippen molar-refractivity contribution >= 4 is 21.4 Å². The van der Waals surface area contributed by atoms with Crippen LogP contribution in [0.2, 0.25) is 0 Å². The van der Waals surface area contributed by atoms with Crippen LogP contribution in [0, 0.1) is 0 Å². The van der Waals surface area contributed by atoms with Crippen LogP contribution < -0.4 is 0 Å². The van der Waals surface area contributed by atoms with Crippen molar-refractivity contribution in [2.75, 3.05) is 0 Å². The van der Waals surface area contributed by atoms with Crippen molar-refractivity contribution < 1.29 is 5.11 Å². The second-order valence-electron chi connectivity index (χ2n) is 4.60. The summed E-state index contributed by atoms with van der Waals surface area (Å²) in [5.41, 5.74) is 2.26. The molecular weight excluding hydrogens is 254 g/mol. The molecule has 0 amide bonds. The zero-order chi connectivity index (χ0) is 13.1. The highest BCUT2D eigenvalue weighted by atomic mass is 32.1. The van der Waals surface area contributed by atoms with Crippen LogP contribution in [0.4, 0.5) is 0 Å². The first-order valence-corrected chi connectivity index (χ1v) is 7.25. The predicted octanol–water partition coefficient (Wildman–Crippen LogP) is 3.96. The zero-order valence-corrected chi connectivity index (χ0v) is 11.3. The van der Waals surface area contributed by atoms with Gasteiger partial charge in [-0.1, -0.05) is 18.2 Å². The van der Waals surface area contributed by atoms with E-state index in [1.807, 2.05) is 24.3 Å². The number of aryl methyl sites for hydroxylation is 1. The molecule has 3 aromatic rings. The van der Waals surface area contributed by atoms with Crippen molar-refractivity contribution in [1.82, 2.24) is 4.98 Å². The van der Waals surface area contributed by atoms with Gasteiger partial charge in [0.15, 0.2) is 0 Å². The topological polar surface area (TPSA) is 33.1 Å². The molecule has 0 saturated heterocycles. The molecule has 0 radical (unpaired) electrons. The highest BCUT2D eigenvalue weighted by Crippen LogP contribution is 2.30. The quantitative estimate of drug-likeness (QED) is 0.777. The maximum absolute atomic E-state index is 10.4. The van der Waals surface area contributed by atoms with E-state index in [2.05, 4.69) is 22.5 Å². The molecule has 0 fully saturated rings. The van der Waals surface area contributed by atoms with Gasteiger partial charge in [-0.3, -0.25) is 4.98 Å². The third-order valence-electron chi connectivity index (χ3n) is 3.32. The molecule has 2 nitrogen and oxygen atoms in total. The number of pyridine rings is 1. The lowest BCUT2D eigenvalue weighted by Crippen LogP contribution is -1.99. The van der Waals surface area contributed by atoms with Crippen LogP contribution in [0.25, 0.3) is 10.1 Å². The van der Waals surface area contributed by atoms with Gasteiger partial charge in [-0.05, 0) is 52.9 Å². The van der Waals surface area contributed by atoms with Gasteiger partial charge in [0, 0.05) is 17.1 Å². The Morgan fingerprint density at radius 1 is 1.11 bits per heavy atom. The lowest BCUT2D eigenvalue weighted by Gasteiger charge is -2.12. The first-order valence-electron chi connectivity index (χ1n) is 6.37. The fraction of sp³-hybridized carbons (Fsp3) is 0.188. The maximum atomic E-state index is 10.4. The van der Waals surface area contributed by atoms with Crippen LogP contribution in [0.1, 0.15) is 23.7 Å². The molecule has 0 aliphatic heterocycles. The third-order valence-corrected chi connectivity index (χ3v) is 4.30. The molecule has 0 spiro atoms. The number of thiophene rings is 1. The van der Waals surface area contributed by atoms with Crippen molar-refractivity contribution in [1.29, 1.82) is 0 Å². The molecule has 2 aromatic heterocycles. The zero-order valence-electron chi connectivity index (χ0n) is 10.5. The number of rotatable bonds is 4. The van der Waals surface area contributed by atoms with Crippen LogP contribution in [-0.4, -0.2) is 10.1 Å². The van der Waals surface area contributed by atoms with E-state index in [1.54, 1.807) is 23.7 Å². The standard InChI is InChI=1S/C16H15NOS/c18-15(5-4-12-6-9-17-10-7-12)14-3-1-2-13-8-11-19-16(13)14/h1-3,6-11,15,18H,4-5H2. The molecule has 3 rings (SSSR count). The highest BCUT2D eigenvalue weighted by molar-refractivity contribution is 7.17. The molecule has 3 heteroatoms. The smallest absolute Gasteiger partial charge is 0.0807 e. The molecule has 96 valence electrons. The van der Waals surface area contributed by atoms with Crippen molar-refractivity contribution in [2.24, 2.45) is 0 Å². The number of hydrogen-bond acceptors (Lipinski definition) is 3. The minimum absolute atomic E-state index is 0.407. The van der Waals surface area contributed by atoms with E-state index in [9.17, 15) is 5.11 Å². The molecule has 19 heavy (non-hydrogen) atoms. The number of fused-ring (bicyclic) bond motifs is 1. The summed E-state index contributed by atoms with van der Waals surface area (Å²) in [6, 6.07) is 12.2. The van der Waals surface area contributed by atoms with E-state index in [4.69, 9.17) is 0 Å². The molecule has 0 aliphatic rings. The molecule has 0 bridgehead atoms. The lowest BCUT2D eigenvalue weighted by molar-refractivity contribution is 0.169. The van der Waals surface area contributed by atoms with Crippen molar-refractivity contribution in [3.63, 3.8) is 0 Å². The van der Waals surface area contributed by atoms with Gasteiger partial charge in [0.2, 0.25) is 0 Å². The predicted molar refractivity (Wildman–Crippen MR) is 79.3 cm³/mol. The van der Waals surface area contributed by atoms with E-state index in [0.29, 0.717) is 0 Å². The molecule has 0 saturated carbocycles. The van der Waals surface area contributed by atoms with Gasteiger partial charge in [-0.15, -0.1) is 11.3 Å². The molecular formula is C16H15NOS. The molecule has 2 heterocycles. The van der Waals surface area contributed by atoms with E-state index < -0.39 is 6.10 Å². The van der Waals surface area contributed by atoms with E-state index in [-0.39, 0.29) is 0 Å². The summed E-state index contributed by atoms with van der Waals surface area (Å²) in [6.07, 6.45) is 4.78. The lowest BCUT2D eigenvalue weighted by atomic mass is 10.0. The molecule has 1 aromatic carbocycles. The average Bonchev–Trinajstić information content (AvgIpc) is 2.94. The van der Waals surface area contributed by atoms with E-state index >= 15 is 0 Å². The average molecular weight is 269 g/mol. The number of hydrogen-bond donors (Lipinski definition) is 1. The first kappa shape index (κ1) is 12.3. The number of aliphatic hydroxyl groups excluding tert-OH is 1. The molecule has 0 aliphatic carbocycles. The van der Waals surface area contributed by atoms with Gasteiger partial charge in [0.05, 0.1) is 6.10 Å². The Morgan fingerprint density at radius 3 is 2.79 bits per heavy atom. The number of benzene rings is 1.